The fourth-order valence-corrected chi connectivity index (χ4v) is 3.39. The highest BCUT2D eigenvalue weighted by atomic mass is 15.2. The van der Waals surface area contributed by atoms with E-state index in [0.717, 1.165) is 19.0 Å². The average Bonchev–Trinajstić information content (AvgIpc) is 2.52. The maximum Gasteiger partial charge on any atom is 0.0450 e. The SMILES string of the molecule is CCC1CNC(c2ccccc2)CN1C(C)CCC(C)C. The number of benzene rings is 1. The summed E-state index contributed by atoms with van der Waals surface area (Å²) in [5.41, 5.74) is 1.42. The van der Waals surface area contributed by atoms with Crippen molar-refractivity contribution in [3.63, 3.8) is 0 Å². The van der Waals surface area contributed by atoms with E-state index >= 15 is 0 Å². The molecule has 0 bridgehead atoms. The molecule has 1 aliphatic heterocycles. The van der Waals surface area contributed by atoms with E-state index in [2.05, 4.69) is 68.2 Å². The molecule has 1 N–H and O–H groups in total. The lowest BCUT2D eigenvalue weighted by Gasteiger charge is -2.44. The molecule has 1 saturated heterocycles. The molecule has 0 saturated carbocycles. The highest BCUT2D eigenvalue weighted by Crippen LogP contribution is 2.25. The van der Waals surface area contributed by atoms with Crippen LogP contribution in [0.25, 0.3) is 0 Å². The number of nitrogens with one attached hydrogen (secondary N) is 1. The van der Waals surface area contributed by atoms with Crippen LogP contribution in [0.4, 0.5) is 0 Å². The van der Waals surface area contributed by atoms with E-state index in [0.29, 0.717) is 18.1 Å². The van der Waals surface area contributed by atoms with Gasteiger partial charge < -0.3 is 5.32 Å². The van der Waals surface area contributed by atoms with Gasteiger partial charge in [-0.1, -0.05) is 51.1 Å². The molecule has 1 aromatic carbocycles. The van der Waals surface area contributed by atoms with E-state index < -0.39 is 0 Å². The van der Waals surface area contributed by atoms with Crippen LogP contribution in [0.2, 0.25) is 0 Å². The van der Waals surface area contributed by atoms with Crippen molar-refractivity contribution >= 4 is 0 Å². The van der Waals surface area contributed by atoms with Gasteiger partial charge in [-0.2, -0.15) is 0 Å². The summed E-state index contributed by atoms with van der Waals surface area (Å²) >= 11 is 0. The second-order valence-corrected chi connectivity index (χ2v) is 6.95. The van der Waals surface area contributed by atoms with Gasteiger partial charge in [0.25, 0.3) is 0 Å². The van der Waals surface area contributed by atoms with Crippen molar-refractivity contribution in [2.75, 3.05) is 13.1 Å². The highest BCUT2D eigenvalue weighted by molar-refractivity contribution is 5.20. The Balaban J connectivity index is 2.02. The summed E-state index contributed by atoms with van der Waals surface area (Å²) in [6.07, 6.45) is 3.88. The lowest BCUT2D eigenvalue weighted by atomic mass is 9.96. The normalized spacial score (nSPS) is 25.2. The molecule has 0 aromatic heterocycles. The van der Waals surface area contributed by atoms with Gasteiger partial charge in [-0.15, -0.1) is 0 Å². The monoisotopic (exact) mass is 288 g/mol. The van der Waals surface area contributed by atoms with Crippen molar-refractivity contribution in [1.82, 2.24) is 10.2 Å². The minimum Gasteiger partial charge on any atom is -0.307 e. The van der Waals surface area contributed by atoms with Crippen molar-refractivity contribution in [2.45, 2.75) is 65.1 Å². The van der Waals surface area contributed by atoms with Crippen LogP contribution in [0.1, 0.15) is 58.6 Å². The molecule has 2 heteroatoms. The second kappa shape index (κ2) is 7.95. The molecule has 2 rings (SSSR count). The Morgan fingerprint density at radius 3 is 2.48 bits per heavy atom. The van der Waals surface area contributed by atoms with Gasteiger partial charge in [0.2, 0.25) is 0 Å². The number of hydrogen-bond donors (Lipinski definition) is 1. The third kappa shape index (κ3) is 4.55. The van der Waals surface area contributed by atoms with Gasteiger partial charge in [0.1, 0.15) is 0 Å². The second-order valence-electron chi connectivity index (χ2n) is 6.95. The first-order valence-electron chi connectivity index (χ1n) is 8.65. The Bertz CT molecular complexity index is 401. The summed E-state index contributed by atoms with van der Waals surface area (Å²) < 4.78 is 0. The number of hydrogen-bond acceptors (Lipinski definition) is 2. The van der Waals surface area contributed by atoms with Crippen molar-refractivity contribution < 1.29 is 0 Å². The largest absolute Gasteiger partial charge is 0.307 e. The lowest BCUT2D eigenvalue weighted by molar-refractivity contribution is 0.0794. The molecule has 21 heavy (non-hydrogen) atoms. The van der Waals surface area contributed by atoms with Crippen LogP contribution >= 0.6 is 0 Å². The van der Waals surface area contributed by atoms with Crippen molar-refractivity contribution in [1.29, 1.82) is 0 Å². The predicted molar refractivity (Wildman–Crippen MR) is 91.5 cm³/mol. The smallest absolute Gasteiger partial charge is 0.0450 e. The molecule has 3 unspecified atom stereocenters. The Morgan fingerprint density at radius 1 is 1.14 bits per heavy atom. The third-order valence-corrected chi connectivity index (χ3v) is 4.86. The fourth-order valence-electron chi connectivity index (χ4n) is 3.39. The summed E-state index contributed by atoms with van der Waals surface area (Å²) in [6, 6.07) is 12.8. The van der Waals surface area contributed by atoms with Crippen LogP contribution in [-0.4, -0.2) is 30.1 Å². The number of rotatable bonds is 6. The maximum absolute atomic E-state index is 3.74. The number of nitrogens with zero attached hydrogens (tertiary/aromatic N) is 1. The van der Waals surface area contributed by atoms with E-state index in [1.807, 2.05) is 0 Å². The molecule has 2 nitrogen and oxygen atoms in total. The summed E-state index contributed by atoms with van der Waals surface area (Å²) in [5.74, 6) is 0.806. The molecule has 0 amide bonds. The average molecular weight is 288 g/mol. The van der Waals surface area contributed by atoms with Crippen LogP contribution in [0.15, 0.2) is 30.3 Å². The Labute approximate surface area is 130 Å². The van der Waals surface area contributed by atoms with E-state index in [-0.39, 0.29) is 0 Å². The molecule has 118 valence electrons. The minimum absolute atomic E-state index is 0.482. The topological polar surface area (TPSA) is 15.3 Å². The molecule has 0 radical (unpaired) electrons. The maximum atomic E-state index is 3.74. The lowest BCUT2D eigenvalue weighted by Crippen LogP contribution is -2.55. The zero-order valence-corrected chi connectivity index (χ0v) is 14.2. The van der Waals surface area contributed by atoms with Crippen molar-refractivity contribution in [3.8, 4) is 0 Å². The Kier molecular flexibility index (Phi) is 6.25. The first-order valence-corrected chi connectivity index (χ1v) is 8.65. The molecule has 1 aromatic rings. The van der Waals surface area contributed by atoms with Gasteiger partial charge in [0.05, 0.1) is 0 Å². The fraction of sp³-hybridized carbons (Fsp3) is 0.684. The van der Waals surface area contributed by atoms with Gasteiger partial charge in [0, 0.05) is 31.2 Å². The molecular weight excluding hydrogens is 256 g/mol. The van der Waals surface area contributed by atoms with Gasteiger partial charge in [0.15, 0.2) is 0 Å². The zero-order chi connectivity index (χ0) is 15.2. The predicted octanol–water partition coefficient (Wildman–Crippen LogP) is 4.24. The van der Waals surface area contributed by atoms with Crippen LogP contribution in [0.5, 0.6) is 0 Å². The highest BCUT2D eigenvalue weighted by Gasteiger charge is 2.30. The molecule has 1 aliphatic rings. The first-order chi connectivity index (χ1) is 10.1. The Morgan fingerprint density at radius 2 is 1.86 bits per heavy atom. The summed E-state index contributed by atoms with van der Waals surface area (Å²) in [7, 11) is 0. The molecule has 1 heterocycles. The van der Waals surface area contributed by atoms with Crippen LogP contribution in [0.3, 0.4) is 0 Å². The zero-order valence-electron chi connectivity index (χ0n) is 14.2. The van der Waals surface area contributed by atoms with Gasteiger partial charge >= 0.3 is 0 Å². The summed E-state index contributed by atoms with van der Waals surface area (Å²) in [5, 5.41) is 3.74. The molecule has 3 atom stereocenters. The van der Waals surface area contributed by atoms with Gasteiger partial charge in [-0.05, 0) is 37.7 Å². The van der Waals surface area contributed by atoms with Crippen molar-refractivity contribution in [2.24, 2.45) is 5.92 Å². The summed E-state index contributed by atoms with van der Waals surface area (Å²) in [6.45, 7) is 11.6. The quantitative estimate of drug-likeness (QED) is 0.842. The van der Waals surface area contributed by atoms with E-state index in [1.165, 1.54) is 24.8 Å². The molecular formula is C19H32N2. The van der Waals surface area contributed by atoms with Crippen LogP contribution in [0, 0.1) is 5.92 Å². The van der Waals surface area contributed by atoms with Gasteiger partial charge in [-0.25, -0.2) is 0 Å². The summed E-state index contributed by atoms with van der Waals surface area (Å²) in [4.78, 5) is 2.75. The van der Waals surface area contributed by atoms with Crippen LogP contribution in [-0.2, 0) is 0 Å². The number of piperazine rings is 1. The Hall–Kier alpha value is -0.860. The van der Waals surface area contributed by atoms with Crippen LogP contribution < -0.4 is 5.32 Å². The van der Waals surface area contributed by atoms with Gasteiger partial charge in [-0.3, -0.25) is 4.90 Å². The first kappa shape index (κ1) is 16.5. The third-order valence-electron chi connectivity index (χ3n) is 4.86. The standard InChI is InChI=1S/C19H32N2/c1-5-18-13-20-19(17-9-7-6-8-10-17)14-21(18)16(4)12-11-15(2)3/h6-10,15-16,18-20H,5,11-14H2,1-4H3. The van der Waals surface area contributed by atoms with Crippen molar-refractivity contribution in [3.05, 3.63) is 35.9 Å². The minimum atomic E-state index is 0.482. The van der Waals surface area contributed by atoms with E-state index in [4.69, 9.17) is 0 Å². The molecule has 0 aliphatic carbocycles. The molecule has 1 fully saturated rings. The molecule has 0 spiro atoms. The van der Waals surface area contributed by atoms with E-state index in [1.54, 1.807) is 0 Å². The van der Waals surface area contributed by atoms with E-state index in [9.17, 15) is 0 Å².